The third-order valence-electron chi connectivity index (χ3n) is 5.49. The average Bonchev–Trinajstić information content (AvgIpc) is 3.42. The topological polar surface area (TPSA) is 98.5 Å². The summed E-state index contributed by atoms with van der Waals surface area (Å²) in [6.45, 7) is 0. The number of benzene rings is 1. The number of ether oxygens (including phenoxy) is 2. The van der Waals surface area contributed by atoms with E-state index in [2.05, 4.69) is 27.0 Å². The van der Waals surface area contributed by atoms with Crippen LogP contribution in [0.15, 0.2) is 51.6 Å². The molecule has 0 bridgehead atoms. The lowest BCUT2D eigenvalue weighted by Crippen LogP contribution is -2.26. The fraction of sp³-hybridized carbons (Fsp3) is 0.286. The van der Waals surface area contributed by atoms with Gasteiger partial charge >= 0.3 is 0 Å². The molecule has 3 heterocycles. The molecule has 9 heteroatoms. The van der Waals surface area contributed by atoms with Gasteiger partial charge in [0.05, 0.1) is 20.3 Å². The van der Waals surface area contributed by atoms with Crippen LogP contribution in [0.2, 0.25) is 0 Å². The molecule has 30 heavy (non-hydrogen) atoms. The minimum atomic E-state index is -0.443. The van der Waals surface area contributed by atoms with E-state index in [1.807, 2.05) is 23.6 Å². The summed E-state index contributed by atoms with van der Waals surface area (Å²) in [7, 11) is 3.20. The Kier molecular flexibility index (Phi) is 4.66. The van der Waals surface area contributed by atoms with Gasteiger partial charge in [-0.2, -0.15) is 0 Å². The predicted octanol–water partition coefficient (Wildman–Crippen LogP) is 4.13. The van der Waals surface area contributed by atoms with Crippen molar-refractivity contribution < 1.29 is 18.9 Å². The van der Waals surface area contributed by atoms with Gasteiger partial charge in [0.15, 0.2) is 5.78 Å². The van der Waals surface area contributed by atoms with Gasteiger partial charge in [0.2, 0.25) is 11.6 Å². The van der Waals surface area contributed by atoms with Crippen LogP contribution in [0.4, 0.5) is 11.6 Å². The van der Waals surface area contributed by atoms with Gasteiger partial charge in [0.25, 0.3) is 0 Å². The lowest BCUT2D eigenvalue weighted by Gasteiger charge is -2.29. The number of nitrogens with one attached hydrogen (secondary N) is 2. The van der Waals surface area contributed by atoms with Crippen LogP contribution >= 0.6 is 11.3 Å². The van der Waals surface area contributed by atoms with E-state index < -0.39 is 6.04 Å². The number of Topliss-reactive ketones (excluding diaryl/α,β-unsaturated/α-hetero) is 1. The zero-order valence-corrected chi connectivity index (χ0v) is 17.3. The van der Waals surface area contributed by atoms with Crippen molar-refractivity contribution in [1.82, 2.24) is 10.3 Å². The zero-order valence-electron chi connectivity index (χ0n) is 16.5. The Balaban J connectivity index is 1.63. The number of allylic oxidation sites excluding steroid dienone is 1. The highest BCUT2D eigenvalue weighted by Gasteiger charge is 2.38. The summed E-state index contributed by atoms with van der Waals surface area (Å²) < 4.78 is 15.8. The summed E-state index contributed by atoms with van der Waals surface area (Å²) in [5.74, 6) is 2.43. The molecule has 1 aliphatic heterocycles. The number of thiophene rings is 1. The molecule has 2 aromatic heterocycles. The molecule has 2 atom stereocenters. The largest absolute Gasteiger partial charge is 0.497 e. The van der Waals surface area contributed by atoms with E-state index in [9.17, 15) is 4.79 Å². The van der Waals surface area contributed by atoms with E-state index in [0.717, 1.165) is 11.3 Å². The first kappa shape index (κ1) is 18.7. The van der Waals surface area contributed by atoms with Gasteiger partial charge in [-0.15, -0.1) is 11.3 Å². The molecule has 0 saturated heterocycles. The van der Waals surface area contributed by atoms with Crippen molar-refractivity contribution in [2.75, 3.05) is 24.9 Å². The minimum absolute atomic E-state index is 0.0866. The first-order valence-corrected chi connectivity index (χ1v) is 10.4. The van der Waals surface area contributed by atoms with Gasteiger partial charge in [-0.05, 0) is 45.9 Å². The summed E-state index contributed by atoms with van der Waals surface area (Å²) in [5.41, 5.74) is 2.34. The fourth-order valence-corrected chi connectivity index (χ4v) is 4.90. The Labute approximate surface area is 176 Å². The molecule has 154 valence electrons. The molecular formula is C21H20N4O4S. The highest BCUT2D eigenvalue weighted by molar-refractivity contribution is 7.10. The van der Waals surface area contributed by atoms with Crippen molar-refractivity contribution in [3.63, 3.8) is 0 Å². The molecule has 2 N–H and O–H groups in total. The quantitative estimate of drug-likeness (QED) is 0.645. The standard InChI is InChI=1S/C21H20N4O4S/c1-27-13-6-12(7-14(10-13)28-2)19-18-15(22-20-21(23-19)25-29-24-20)8-11(9-16(18)26)17-4-3-5-30-17/h3-7,10-11,19H,8-9H2,1-2H3,(H,22,24)(H,23,25)/t11-,19+/m1/s1. The molecule has 5 rings (SSSR count). The molecule has 0 radical (unpaired) electrons. The van der Waals surface area contributed by atoms with Crippen molar-refractivity contribution in [2.45, 2.75) is 24.8 Å². The first-order chi connectivity index (χ1) is 14.7. The molecule has 0 saturated carbocycles. The Morgan fingerprint density at radius 2 is 1.87 bits per heavy atom. The van der Waals surface area contributed by atoms with Gasteiger partial charge in [0.1, 0.15) is 11.5 Å². The van der Waals surface area contributed by atoms with Crippen molar-refractivity contribution in [2.24, 2.45) is 0 Å². The van der Waals surface area contributed by atoms with Crippen LogP contribution in [0.1, 0.15) is 35.2 Å². The second-order valence-electron chi connectivity index (χ2n) is 7.25. The van der Waals surface area contributed by atoms with Gasteiger partial charge in [-0.3, -0.25) is 4.79 Å². The highest BCUT2D eigenvalue weighted by Crippen LogP contribution is 2.45. The molecule has 2 aliphatic rings. The molecule has 0 unspecified atom stereocenters. The summed E-state index contributed by atoms with van der Waals surface area (Å²) >= 11 is 1.67. The number of hydrogen-bond acceptors (Lipinski definition) is 9. The Hall–Kier alpha value is -3.33. The van der Waals surface area contributed by atoms with E-state index >= 15 is 0 Å². The van der Waals surface area contributed by atoms with E-state index in [0.29, 0.717) is 41.5 Å². The van der Waals surface area contributed by atoms with Gasteiger partial charge in [0, 0.05) is 34.6 Å². The van der Waals surface area contributed by atoms with Crippen LogP contribution in [0.5, 0.6) is 11.5 Å². The van der Waals surface area contributed by atoms with Crippen LogP contribution in [0.3, 0.4) is 0 Å². The van der Waals surface area contributed by atoms with E-state index in [1.165, 1.54) is 4.88 Å². The summed E-state index contributed by atoms with van der Waals surface area (Å²) in [6.07, 6.45) is 1.16. The van der Waals surface area contributed by atoms with Crippen LogP contribution in [0, 0.1) is 0 Å². The number of carbonyl (C=O) groups is 1. The van der Waals surface area contributed by atoms with E-state index in [4.69, 9.17) is 14.1 Å². The maximum absolute atomic E-state index is 13.4. The third kappa shape index (κ3) is 3.21. The predicted molar refractivity (Wildman–Crippen MR) is 112 cm³/mol. The molecule has 1 aliphatic carbocycles. The number of fused-ring (bicyclic) bond motifs is 1. The van der Waals surface area contributed by atoms with Gasteiger partial charge in [-0.25, -0.2) is 4.63 Å². The SMILES string of the molecule is COc1cc(OC)cc([C@@H]2Nc3nonc3NC3=C2C(=O)C[C@H](c2cccs2)C3)c1. The summed E-state index contributed by atoms with van der Waals surface area (Å²) in [6, 6.07) is 9.23. The van der Waals surface area contributed by atoms with Crippen molar-refractivity contribution in [1.29, 1.82) is 0 Å². The second-order valence-corrected chi connectivity index (χ2v) is 8.23. The van der Waals surface area contributed by atoms with Crippen LogP contribution in [-0.4, -0.2) is 30.3 Å². The highest BCUT2D eigenvalue weighted by atomic mass is 32.1. The van der Waals surface area contributed by atoms with Crippen LogP contribution in [0.25, 0.3) is 0 Å². The smallest absolute Gasteiger partial charge is 0.219 e. The number of nitrogens with zero attached hydrogens (tertiary/aromatic N) is 2. The Bertz CT molecular complexity index is 1100. The number of aromatic nitrogens is 2. The minimum Gasteiger partial charge on any atom is -0.497 e. The number of ketones is 1. The molecule has 1 aromatic carbocycles. The zero-order chi connectivity index (χ0) is 20.7. The number of methoxy groups -OCH3 is 2. The Morgan fingerprint density at radius 3 is 2.57 bits per heavy atom. The molecule has 8 nitrogen and oxygen atoms in total. The van der Waals surface area contributed by atoms with Gasteiger partial charge in [-0.1, -0.05) is 6.07 Å². The molecular weight excluding hydrogens is 404 g/mol. The Morgan fingerprint density at radius 1 is 1.10 bits per heavy atom. The summed E-state index contributed by atoms with van der Waals surface area (Å²) in [5, 5.41) is 16.6. The van der Waals surface area contributed by atoms with Crippen molar-refractivity contribution in [3.8, 4) is 11.5 Å². The second kappa shape index (κ2) is 7.49. The van der Waals surface area contributed by atoms with E-state index in [1.54, 1.807) is 31.6 Å². The third-order valence-corrected chi connectivity index (χ3v) is 6.52. The number of rotatable bonds is 4. The number of hydrogen-bond donors (Lipinski definition) is 2. The molecule has 3 aromatic rings. The fourth-order valence-electron chi connectivity index (χ4n) is 4.07. The monoisotopic (exact) mass is 424 g/mol. The lowest BCUT2D eigenvalue weighted by atomic mass is 9.81. The molecule has 0 spiro atoms. The maximum Gasteiger partial charge on any atom is 0.219 e. The van der Waals surface area contributed by atoms with Crippen LogP contribution < -0.4 is 20.1 Å². The van der Waals surface area contributed by atoms with Crippen molar-refractivity contribution >= 4 is 28.8 Å². The van der Waals surface area contributed by atoms with Crippen LogP contribution in [-0.2, 0) is 4.79 Å². The maximum atomic E-state index is 13.4. The van der Waals surface area contributed by atoms with Crippen molar-refractivity contribution in [3.05, 3.63) is 57.4 Å². The number of carbonyl (C=O) groups excluding carboxylic acids is 1. The average molecular weight is 424 g/mol. The normalized spacial score (nSPS) is 20.5. The van der Waals surface area contributed by atoms with Gasteiger partial charge < -0.3 is 20.1 Å². The molecule has 0 fully saturated rings. The first-order valence-electron chi connectivity index (χ1n) is 9.55. The summed E-state index contributed by atoms with van der Waals surface area (Å²) in [4.78, 5) is 14.6. The van der Waals surface area contributed by atoms with E-state index in [-0.39, 0.29) is 11.7 Å². The number of anilines is 2. The lowest BCUT2D eigenvalue weighted by molar-refractivity contribution is -0.116. The molecule has 0 amide bonds.